The Kier molecular flexibility index (Phi) is 5.00. The Morgan fingerprint density at radius 2 is 1.94 bits per heavy atom. The maximum atomic E-state index is 11.7. The van der Waals surface area contributed by atoms with E-state index in [9.17, 15) is 9.59 Å². The minimum Gasteiger partial charge on any atom is -0.410 e. The largest absolute Gasteiger partial charge is 0.415 e. The van der Waals surface area contributed by atoms with Crippen LogP contribution in [0.25, 0.3) is 0 Å². The first-order valence-electron chi connectivity index (χ1n) is 5.39. The lowest BCUT2D eigenvalue weighted by Gasteiger charge is -2.18. The van der Waals surface area contributed by atoms with E-state index >= 15 is 0 Å². The Labute approximate surface area is 100 Å². The molecule has 0 spiro atoms. The van der Waals surface area contributed by atoms with Gasteiger partial charge < -0.3 is 10.1 Å². The fourth-order valence-electron chi connectivity index (χ4n) is 1.21. The van der Waals surface area contributed by atoms with Gasteiger partial charge in [-0.25, -0.2) is 4.79 Å². The average Bonchev–Trinajstić information content (AvgIpc) is 2.36. The first-order valence-corrected chi connectivity index (χ1v) is 5.39. The molecule has 0 radical (unpaired) electrons. The highest BCUT2D eigenvalue weighted by atomic mass is 16.6. The molecule has 0 unspecified atom stereocenters. The summed E-state index contributed by atoms with van der Waals surface area (Å²) < 4.78 is 5.12. The molecule has 1 aromatic rings. The third-order valence-electron chi connectivity index (χ3n) is 2.20. The van der Waals surface area contributed by atoms with E-state index < -0.39 is 6.09 Å². The Bertz CT molecular complexity index is 379. The molecule has 2 amide bonds. The third-order valence-corrected chi connectivity index (χ3v) is 2.20. The summed E-state index contributed by atoms with van der Waals surface area (Å²) in [5.41, 5.74) is 0. The lowest BCUT2D eigenvalue weighted by atomic mass is 10.3. The van der Waals surface area contributed by atoms with Crippen molar-refractivity contribution < 1.29 is 14.3 Å². The SMILES string of the molecule is CCN(CC(=O)NC)C(=O)Oc1ccccc1. The van der Waals surface area contributed by atoms with Crippen molar-refractivity contribution in [3.8, 4) is 5.75 Å². The van der Waals surface area contributed by atoms with Gasteiger partial charge in [-0.1, -0.05) is 18.2 Å². The van der Waals surface area contributed by atoms with Crippen LogP contribution in [-0.4, -0.2) is 37.0 Å². The number of carbonyl (C=O) groups excluding carboxylic acids is 2. The molecule has 5 nitrogen and oxygen atoms in total. The standard InChI is InChI=1S/C12H16N2O3/c1-3-14(9-11(15)13-2)12(16)17-10-7-5-4-6-8-10/h4-8H,3,9H2,1-2H3,(H,13,15). The highest BCUT2D eigenvalue weighted by Gasteiger charge is 2.16. The molecule has 92 valence electrons. The van der Waals surface area contributed by atoms with Crippen molar-refractivity contribution in [2.24, 2.45) is 0 Å². The molecule has 0 saturated heterocycles. The van der Waals surface area contributed by atoms with Crippen LogP contribution in [0.2, 0.25) is 0 Å². The highest BCUT2D eigenvalue weighted by Crippen LogP contribution is 2.09. The number of hydrogen-bond donors (Lipinski definition) is 1. The fraction of sp³-hybridized carbons (Fsp3) is 0.333. The molecule has 0 aromatic heterocycles. The van der Waals surface area contributed by atoms with Gasteiger partial charge in [0, 0.05) is 13.6 Å². The average molecular weight is 236 g/mol. The van der Waals surface area contributed by atoms with Crippen molar-refractivity contribution in [2.45, 2.75) is 6.92 Å². The molecule has 0 heterocycles. The molecule has 5 heteroatoms. The van der Waals surface area contributed by atoms with E-state index in [4.69, 9.17) is 4.74 Å². The van der Waals surface area contributed by atoms with E-state index in [0.29, 0.717) is 12.3 Å². The van der Waals surface area contributed by atoms with Crippen LogP contribution in [0.15, 0.2) is 30.3 Å². The summed E-state index contributed by atoms with van der Waals surface area (Å²) in [4.78, 5) is 24.2. The van der Waals surface area contributed by atoms with E-state index in [0.717, 1.165) is 0 Å². The van der Waals surface area contributed by atoms with Gasteiger partial charge in [-0.05, 0) is 19.1 Å². The summed E-state index contributed by atoms with van der Waals surface area (Å²) >= 11 is 0. The summed E-state index contributed by atoms with van der Waals surface area (Å²) in [5, 5.41) is 2.46. The normalized spacial score (nSPS) is 9.53. The first-order chi connectivity index (χ1) is 8.17. The first kappa shape index (κ1) is 13.0. The number of carbonyl (C=O) groups is 2. The van der Waals surface area contributed by atoms with Gasteiger partial charge in [-0.2, -0.15) is 0 Å². The highest BCUT2D eigenvalue weighted by molar-refractivity contribution is 5.82. The zero-order valence-corrected chi connectivity index (χ0v) is 9.97. The second kappa shape index (κ2) is 6.52. The number of hydrogen-bond acceptors (Lipinski definition) is 3. The van der Waals surface area contributed by atoms with Crippen molar-refractivity contribution in [3.05, 3.63) is 30.3 Å². The van der Waals surface area contributed by atoms with Crippen molar-refractivity contribution in [3.63, 3.8) is 0 Å². The topological polar surface area (TPSA) is 58.6 Å². The van der Waals surface area contributed by atoms with Crippen LogP contribution in [0.3, 0.4) is 0 Å². The Balaban J connectivity index is 2.58. The number of amides is 2. The van der Waals surface area contributed by atoms with Crippen LogP contribution >= 0.6 is 0 Å². The predicted octanol–water partition coefficient (Wildman–Crippen LogP) is 1.25. The summed E-state index contributed by atoms with van der Waals surface area (Å²) in [6.07, 6.45) is -0.526. The number of nitrogens with one attached hydrogen (secondary N) is 1. The van der Waals surface area contributed by atoms with Gasteiger partial charge >= 0.3 is 6.09 Å². The number of para-hydroxylation sites is 1. The summed E-state index contributed by atoms with van der Waals surface area (Å²) in [6, 6.07) is 8.76. The number of likely N-dealkylation sites (N-methyl/N-ethyl adjacent to an activating group) is 2. The van der Waals surface area contributed by atoms with Crippen molar-refractivity contribution in [2.75, 3.05) is 20.1 Å². The van der Waals surface area contributed by atoms with Gasteiger partial charge in [0.2, 0.25) is 5.91 Å². The van der Waals surface area contributed by atoms with Gasteiger partial charge in [0.05, 0.1) is 0 Å². The lowest BCUT2D eigenvalue weighted by molar-refractivity contribution is -0.121. The van der Waals surface area contributed by atoms with E-state index in [-0.39, 0.29) is 12.5 Å². The molecular weight excluding hydrogens is 220 g/mol. The Morgan fingerprint density at radius 3 is 2.47 bits per heavy atom. The zero-order chi connectivity index (χ0) is 12.7. The number of rotatable bonds is 4. The van der Waals surface area contributed by atoms with Crippen molar-refractivity contribution in [1.29, 1.82) is 0 Å². The number of ether oxygens (including phenoxy) is 1. The number of nitrogens with zero attached hydrogens (tertiary/aromatic N) is 1. The van der Waals surface area contributed by atoms with E-state index in [1.54, 1.807) is 31.2 Å². The van der Waals surface area contributed by atoms with E-state index in [1.165, 1.54) is 11.9 Å². The third kappa shape index (κ3) is 4.14. The minimum absolute atomic E-state index is 0.00132. The Hall–Kier alpha value is -2.04. The minimum atomic E-state index is -0.526. The van der Waals surface area contributed by atoms with Crippen molar-refractivity contribution in [1.82, 2.24) is 10.2 Å². The van der Waals surface area contributed by atoms with Gasteiger partial charge in [-0.15, -0.1) is 0 Å². The van der Waals surface area contributed by atoms with Crippen LogP contribution < -0.4 is 10.1 Å². The monoisotopic (exact) mass is 236 g/mol. The molecular formula is C12H16N2O3. The van der Waals surface area contributed by atoms with E-state index in [2.05, 4.69) is 5.32 Å². The van der Waals surface area contributed by atoms with Crippen LogP contribution in [0.5, 0.6) is 5.75 Å². The van der Waals surface area contributed by atoms with Crippen LogP contribution in [0.4, 0.5) is 4.79 Å². The molecule has 0 aliphatic carbocycles. The smallest absolute Gasteiger partial charge is 0.410 e. The van der Waals surface area contributed by atoms with Gasteiger partial charge in [-0.3, -0.25) is 9.69 Å². The Morgan fingerprint density at radius 1 is 1.29 bits per heavy atom. The molecule has 0 atom stereocenters. The number of benzene rings is 1. The lowest BCUT2D eigenvalue weighted by Crippen LogP contribution is -2.40. The molecule has 0 saturated carbocycles. The predicted molar refractivity (Wildman–Crippen MR) is 63.8 cm³/mol. The second-order valence-electron chi connectivity index (χ2n) is 3.37. The molecule has 1 rings (SSSR count). The molecule has 0 bridgehead atoms. The second-order valence-corrected chi connectivity index (χ2v) is 3.37. The van der Waals surface area contributed by atoms with Crippen LogP contribution in [-0.2, 0) is 4.79 Å². The van der Waals surface area contributed by atoms with E-state index in [1.807, 2.05) is 6.07 Å². The summed E-state index contributed by atoms with van der Waals surface area (Å²) in [6.45, 7) is 2.20. The van der Waals surface area contributed by atoms with Crippen molar-refractivity contribution >= 4 is 12.0 Å². The molecule has 0 aliphatic rings. The quantitative estimate of drug-likeness (QED) is 0.856. The molecule has 17 heavy (non-hydrogen) atoms. The van der Waals surface area contributed by atoms with Crippen LogP contribution in [0, 0.1) is 0 Å². The maximum absolute atomic E-state index is 11.7. The zero-order valence-electron chi connectivity index (χ0n) is 9.97. The van der Waals surface area contributed by atoms with Gasteiger partial charge in [0.25, 0.3) is 0 Å². The molecule has 0 fully saturated rings. The van der Waals surface area contributed by atoms with Crippen LogP contribution in [0.1, 0.15) is 6.92 Å². The molecule has 0 aliphatic heterocycles. The fourth-order valence-corrected chi connectivity index (χ4v) is 1.21. The van der Waals surface area contributed by atoms with Gasteiger partial charge in [0.15, 0.2) is 0 Å². The molecule has 1 aromatic carbocycles. The summed E-state index contributed by atoms with van der Waals surface area (Å²) in [5.74, 6) is 0.240. The molecule has 1 N–H and O–H groups in total. The van der Waals surface area contributed by atoms with Gasteiger partial charge in [0.1, 0.15) is 12.3 Å². The summed E-state index contributed by atoms with van der Waals surface area (Å²) in [7, 11) is 1.53. The maximum Gasteiger partial charge on any atom is 0.415 e.